The number of hydrogen-bond donors (Lipinski definition) is 3. The summed E-state index contributed by atoms with van der Waals surface area (Å²) in [5, 5.41) is 23.5. The number of aromatic carboxylic acids is 1. The van der Waals surface area contributed by atoms with Crippen molar-refractivity contribution in [2.24, 2.45) is 5.10 Å². The largest absolute Gasteiger partial charge is 0.507 e. The van der Waals surface area contributed by atoms with Crippen LogP contribution in [0.3, 0.4) is 0 Å². The van der Waals surface area contributed by atoms with Gasteiger partial charge in [0.05, 0.1) is 22.0 Å². The smallest absolute Gasteiger partial charge is 0.337 e. The van der Waals surface area contributed by atoms with Crippen molar-refractivity contribution in [3.05, 3.63) is 57.6 Å². The van der Waals surface area contributed by atoms with Crippen LogP contribution in [0.4, 0.5) is 5.69 Å². The number of rotatable bonds is 4. The molecule has 0 radical (unpaired) electrons. The van der Waals surface area contributed by atoms with Gasteiger partial charge >= 0.3 is 5.97 Å². The van der Waals surface area contributed by atoms with E-state index in [1.807, 2.05) is 0 Å². The van der Waals surface area contributed by atoms with Crippen LogP contribution >= 0.6 is 23.2 Å². The molecule has 5 nitrogen and oxygen atoms in total. The van der Waals surface area contributed by atoms with E-state index in [2.05, 4.69) is 10.5 Å². The zero-order valence-electron chi connectivity index (χ0n) is 11.5. The molecule has 0 saturated carbocycles. The normalized spacial score (nSPS) is 11.3. The first-order valence-corrected chi connectivity index (χ1v) is 6.96. The Bertz CT molecular complexity index is 760. The van der Waals surface area contributed by atoms with Crippen LogP contribution in [-0.2, 0) is 0 Å². The quantitative estimate of drug-likeness (QED) is 0.575. The van der Waals surface area contributed by atoms with Crippen LogP contribution in [0.25, 0.3) is 0 Å². The van der Waals surface area contributed by atoms with Crippen LogP contribution in [0.5, 0.6) is 5.75 Å². The van der Waals surface area contributed by atoms with Gasteiger partial charge in [-0.1, -0.05) is 23.2 Å². The fourth-order valence-electron chi connectivity index (χ4n) is 1.77. The van der Waals surface area contributed by atoms with Gasteiger partial charge in [0, 0.05) is 10.6 Å². The Balaban J connectivity index is 2.26. The minimum absolute atomic E-state index is 0.0230. The van der Waals surface area contributed by atoms with Gasteiger partial charge in [-0.3, -0.25) is 5.43 Å². The Morgan fingerprint density at radius 1 is 1.14 bits per heavy atom. The topological polar surface area (TPSA) is 81.9 Å². The second kappa shape index (κ2) is 6.68. The van der Waals surface area contributed by atoms with Gasteiger partial charge in [-0.25, -0.2) is 4.79 Å². The predicted octanol–water partition coefficient (Wildman–Crippen LogP) is 4.23. The average molecular weight is 339 g/mol. The van der Waals surface area contributed by atoms with Crippen molar-refractivity contribution >= 4 is 40.6 Å². The summed E-state index contributed by atoms with van der Waals surface area (Å²) in [6.07, 6.45) is 0. The number of nitrogens with one attached hydrogen (secondary N) is 1. The average Bonchev–Trinajstić information content (AvgIpc) is 2.48. The highest BCUT2D eigenvalue weighted by Gasteiger charge is 2.10. The number of phenolic OH excluding ortho intramolecular Hbond substituents is 1. The summed E-state index contributed by atoms with van der Waals surface area (Å²) in [6.45, 7) is 1.69. The highest BCUT2D eigenvalue weighted by Crippen LogP contribution is 2.23. The van der Waals surface area contributed by atoms with E-state index in [9.17, 15) is 9.90 Å². The van der Waals surface area contributed by atoms with Gasteiger partial charge in [0.2, 0.25) is 0 Å². The number of phenols is 1. The Morgan fingerprint density at radius 3 is 2.55 bits per heavy atom. The molecule has 0 unspecified atom stereocenters. The van der Waals surface area contributed by atoms with E-state index in [0.717, 1.165) is 0 Å². The minimum Gasteiger partial charge on any atom is -0.507 e. The zero-order valence-corrected chi connectivity index (χ0v) is 13.0. The maximum absolute atomic E-state index is 11.0. The van der Waals surface area contributed by atoms with E-state index in [0.29, 0.717) is 22.0 Å². The van der Waals surface area contributed by atoms with Gasteiger partial charge in [-0.05, 0) is 43.3 Å². The SMILES string of the molecule is C/C(=N/Nc1ccc(Cl)c(C(=O)O)c1)c1cc(Cl)ccc1O. The van der Waals surface area contributed by atoms with Crippen LogP contribution in [-0.4, -0.2) is 21.9 Å². The molecule has 114 valence electrons. The molecular formula is C15H12Cl2N2O3. The number of aromatic hydroxyl groups is 1. The Kier molecular flexibility index (Phi) is 4.90. The predicted molar refractivity (Wildman–Crippen MR) is 87.4 cm³/mol. The molecule has 0 aromatic heterocycles. The number of anilines is 1. The Labute approximate surface area is 136 Å². The first-order valence-electron chi connectivity index (χ1n) is 6.20. The lowest BCUT2D eigenvalue weighted by Gasteiger charge is -2.07. The van der Waals surface area contributed by atoms with Crippen LogP contribution in [0, 0.1) is 0 Å². The number of carboxylic acids is 1. The molecule has 22 heavy (non-hydrogen) atoms. The van der Waals surface area contributed by atoms with Gasteiger partial charge in [-0.2, -0.15) is 5.10 Å². The second-order valence-electron chi connectivity index (χ2n) is 4.47. The summed E-state index contributed by atoms with van der Waals surface area (Å²) in [5.41, 5.74) is 4.13. The lowest BCUT2D eigenvalue weighted by Crippen LogP contribution is -2.02. The van der Waals surface area contributed by atoms with Crippen LogP contribution < -0.4 is 5.43 Å². The maximum Gasteiger partial charge on any atom is 0.337 e. The number of benzene rings is 2. The van der Waals surface area contributed by atoms with Crippen LogP contribution in [0.1, 0.15) is 22.8 Å². The van der Waals surface area contributed by atoms with Crippen LogP contribution in [0.15, 0.2) is 41.5 Å². The molecule has 2 aromatic rings. The van der Waals surface area contributed by atoms with Crippen molar-refractivity contribution in [1.29, 1.82) is 0 Å². The van der Waals surface area contributed by atoms with Crippen molar-refractivity contribution in [3.63, 3.8) is 0 Å². The van der Waals surface area contributed by atoms with Crippen molar-refractivity contribution in [2.45, 2.75) is 6.92 Å². The van der Waals surface area contributed by atoms with E-state index in [1.54, 1.807) is 25.1 Å². The number of carboxylic acid groups (broad SMARTS) is 1. The van der Waals surface area contributed by atoms with Crippen molar-refractivity contribution in [1.82, 2.24) is 0 Å². The first-order chi connectivity index (χ1) is 10.4. The standard InChI is InChI=1S/C15H12Cl2N2O3/c1-8(11-6-9(16)2-5-14(11)20)18-19-10-3-4-13(17)12(7-10)15(21)22/h2-7,19-20H,1H3,(H,21,22)/b18-8-. The van der Waals surface area contributed by atoms with Gasteiger partial charge < -0.3 is 10.2 Å². The second-order valence-corrected chi connectivity index (χ2v) is 5.31. The van der Waals surface area contributed by atoms with Gasteiger partial charge in [0.25, 0.3) is 0 Å². The lowest BCUT2D eigenvalue weighted by molar-refractivity contribution is 0.0697. The molecular weight excluding hydrogens is 327 g/mol. The molecule has 0 spiro atoms. The molecule has 0 amide bonds. The van der Waals surface area contributed by atoms with E-state index in [-0.39, 0.29) is 16.3 Å². The number of carbonyl (C=O) groups is 1. The zero-order chi connectivity index (χ0) is 16.3. The third kappa shape index (κ3) is 3.69. The van der Waals surface area contributed by atoms with Crippen molar-refractivity contribution in [3.8, 4) is 5.75 Å². The third-order valence-corrected chi connectivity index (χ3v) is 3.46. The summed E-state index contributed by atoms with van der Waals surface area (Å²) in [5.74, 6) is -1.07. The fraction of sp³-hybridized carbons (Fsp3) is 0.0667. The van der Waals surface area contributed by atoms with Gasteiger partial charge in [0.15, 0.2) is 0 Å². The molecule has 0 aliphatic carbocycles. The number of nitrogens with zero attached hydrogens (tertiary/aromatic N) is 1. The molecule has 3 N–H and O–H groups in total. The molecule has 0 aliphatic rings. The molecule has 0 bridgehead atoms. The van der Waals surface area contributed by atoms with Crippen LogP contribution in [0.2, 0.25) is 10.0 Å². The number of hydrazone groups is 1. The van der Waals surface area contributed by atoms with E-state index in [1.165, 1.54) is 18.2 Å². The van der Waals surface area contributed by atoms with Crippen molar-refractivity contribution < 1.29 is 15.0 Å². The molecule has 0 atom stereocenters. The highest BCUT2D eigenvalue weighted by atomic mass is 35.5. The Morgan fingerprint density at radius 2 is 1.86 bits per heavy atom. The van der Waals surface area contributed by atoms with E-state index in [4.69, 9.17) is 28.3 Å². The fourth-order valence-corrected chi connectivity index (χ4v) is 2.14. The monoisotopic (exact) mass is 338 g/mol. The molecule has 2 rings (SSSR count). The summed E-state index contributed by atoms with van der Waals surface area (Å²) in [4.78, 5) is 11.0. The summed E-state index contributed by atoms with van der Waals surface area (Å²) < 4.78 is 0. The van der Waals surface area contributed by atoms with E-state index >= 15 is 0 Å². The minimum atomic E-state index is -1.12. The maximum atomic E-state index is 11.0. The summed E-state index contributed by atoms with van der Waals surface area (Å²) >= 11 is 11.7. The summed E-state index contributed by atoms with van der Waals surface area (Å²) in [7, 11) is 0. The molecule has 0 aliphatic heterocycles. The molecule has 0 saturated heterocycles. The lowest BCUT2D eigenvalue weighted by atomic mass is 10.1. The summed E-state index contributed by atoms with van der Waals surface area (Å²) in [6, 6.07) is 9.07. The number of halogens is 2. The molecule has 0 heterocycles. The van der Waals surface area contributed by atoms with Gasteiger partial charge in [0.1, 0.15) is 5.75 Å². The van der Waals surface area contributed by atoms with Crippen molar-refractivity contribution in [2.75, 3.05) is 5.43 Å². The number of hydrogen-bond acceptors (Lipinski definition) is 4. The third-order valence-electron chi connectivity index (χ3n) is 2.90. The molecule has 2 aromatic carbocycles. The highest BCUT2D eigenvalue weighted by molar-refractivity contribution is 6.33. The van der Waals surface area contributed by atoms with Gasteiger partial charge in [-0.15, -0.1) is 0 Å². The molecule has 7 heteroatoms. The molecule has 0 fully saturated rings. The first kappa shape index (κ1) is 16.1. The Hall–Kier alpha value is -2.24. The van der Waals surface area contributed by atoms with E-state index < -0.39 is 5.97 Å².